The first-order chi connectivity index (χ1) is 9.04. The van der Waals surface area contributed by atoms with E-state index in [4.69, 9.17) is 16.9 Å². The maximum Gasteiger partial charge on any atom is 0.288 e. The Morgan fingerprint density at radius 2 is 2.26 bits per heavy atom. The Bertz CT molecular complexity index is 578. The zero-order chi connectivity index (χ0) is 14.0. The third-order valence-electron chi connectivity index (χ3n) is 2.94. The molecule has 1 aliphatic carbocycles. The minimum atomic E-state index is -0.651. The second-order valence-corrected chi connectivity index (χ2v) is 4.69. The van der Waals surface area contributed by atoms with Gasteiger partial charge >= 0.3 is 0 Å². The van der Waals surface area contributed by atoms with Crippen LogP contribution in [0, 0.1) is 27.4 Å². The van der Waals surface area contributed by atoms with Gasteiger partial charge in [0.15, 0.2) is 0 Å². The summed E-state index contributed by atoms with van der Waals surface area (Å²) in [5, 5.41) is 22.0. The number of hydrogen-bond acceptors (Lipinski definition) is 4. The largest absolute Gasteiger partial charge is 0.336 e. The van der Waals surface area contributed by atoms with E-state index in [1.807, 2.05) is 6.07 Å². The zero-order valence-corrected chi connectivity index (χ0v) is 10.6. The molecule has 1 aromatic carbocycles. The minimum absolute atomic E-state index is 0.0109. The number of nitriles is 1. The molecule has 7 heteroatoms. The summed E-state index contributed by atoms with van der Waals surface area (Å²) < 4.78 is 0. The van der Waals surface area contributed by atoms with E-state index in [0.29, 0.717) is 0 Å². The smallest absolute Gasteiger partial charge is 0.288 e. The number of rotatable bonds is 4. The van der Waals surface area contributed by atoms with Crippen LogP contribution in [0.2, 0.25) is 5.02 Å². The topological polar surface area (TPSA) is 96.0 Å². The predicted octanol–water partition coefficient (Wildman–Crippen LogP) is 2.28. The number of nitro groups is 1. The number of carbonyl (C=O) groups excluding carboxylic acids is 1. The molecular weight excluding hydrogens is 270 g/mol. The number of nitrogens with zero attached hydrogens (tertiary/aromatic N) is 2. The predicted molar refractivity (Wildman–Crippen MR) is 67.7 cm³/mol. The van der Waals surface area contributed by atoms with Crippen LogP contribution in [0.1, 0.15) is 23.2 Å². The first-order valence-corrected chi connectivity index (χ1v) is 6.05. The number of carbonyl (C=O) groups is 1. The van der Waals surface area contributed by atoms with Crippen molar-refractivity contribution in [3.63, 3.8) is 0 Å². The molecule has 1 fully saturated rings. The van der Waals surface area contributed by atoms with E-state index in [1.165, 1.54) is 18.2 Å². The van der Waals surface area contributed by atoms with E-state index < -0.39 is 16.9 Å². The van der Waals surface area contributed by atoms with E-state index in [1.54, 1.807) is 0 Å². The molecule has 1 aliphatic rings. The van der Waals surface area contributed by atoms with E-state index in [2.05, 4.69) is 5.32 Å². The molecule has 1 amide bonds. The number of halogens is 1. The lowest BCUT2D eigenvalue weighted by atomic mass is 10.1. The van der Waals surface area contributed by atoms with Crippen LogP contribution in [0.15, 0.2) is 18.2 Å². The van der Waals surface area contributed by atoms with Crippen LogP contribution in [0.4, 0.5) is 5.69 Å². The lowest BCUT2D eigenvalue weighted by molar-refractivity contribution is -0.384. The Kier molecular flexibility index (Phi) is 3.67. The summed E-state index contributed by atoms with van der Waals surface area (Å²) in [6.07, 6.45) is 1.81. The second-order valence-electron chi connectivity index (χ2n) is 4.31. The molecule has 0 bridgehead atoms. The highest BCUT2D eigenvalue weighted by atomic mass is 35.5. The molecule has 0 saturated heterocycles. The molecule has 0 aliphatic heterocycles. The first kappa shape index (κ1) is 13.3. The molecule has 0 aromatic heterocycles. The number of nitro benzene ring substituents is 1. The highest BCUT2D eigenvalue weighted by molar-refractivity contribution is 6.35. The fourth-order valence-electron chi connectivity index (χ4n) is 1.74. The maximum absolute atomic E-state index is 12.0. The average molecular weight is 280 g/mol. The second kappa shape index (κ2) is 5.24. The minimum Gasteiger partial charge on any atom is -0.336 e. The van der Waals surface area contributed by atoms with Gasteiger partial charge in [-0.15, -0.1) is 0 Å². The molecule has 1 aromatic rings. The molecule has 6 nitrogen and oxygen atoms in total. The van der Waals surface area contributed by atoms with Crippen LogP contribution in [0.25, 0.3) is 0 Å². The lowest BCUT2D eigenvalue weighted by Crippen LogP contribution is -2.35. The van der Waals surface area contributed by atoms with Gasteiger partial charge < -0.3 is 5.32 Å². The van der Waals surface area contributed by atoms with Crippen molar-refractivity contribution >= 4 is 23.2 Å². The standard InChI is InChI=1S/C12H10ClN3O3/c13-11-8(2-1-3-10(11)16(18)19)12(17)15-9(6-14)7-4-5-7/h1-3,7,9H,4-5H2,(H,15,17). The molecule has 0 spiro atoms. The van der Waals surface area contributed by atoms with Crippen LogP contribution in [-0.2, 0) is 0 Å². The van der Waals surface area contributed by atoms with Crippen molar-refractivity contribution in [1.82, 2.24) is 5.32 Å². The van der Waals surface area contributed by atoms with Gasteiger partial charge in [0.2, 0.25) is 0 Å². The summed E-state index contributed by atoms with van der Waals surface area (Å²) in [7, 11) is 0. The molecule has 1 unspecified atom stereocenters. The third kappa shape index (κ3) is 2.83. The Morgan fingerprint density at radius 3 is 2.79 bits per heavy atom. The molecule has 1 N–H and O–H groups in total. The maximum atomic E-state index is 12.0. The van der Waals surface area contributed by atoms with Crippen LogP contribution >= 0.6 is 11.6 Å². The summed E-state index contributed by atoms with van der Waals surface area (Å²) in [6.45, 7) is 0. The van der Waals surface area contributed by atoms with Crippen LogP contribution in [0.5, 0.6) is 0 Å². The quantitative estimate of drug-likeness (QED) is 0.675. The van der Waals surface area contributed by atoms with E-state index in [9.17, 15) is 14.9 Å². The molecule has 0 heterocycles. The lowest BCUT2D eigenvalue weighted by Gasteiger charge is -2.11. The van der Waals surface area contributed by atoms with Gasteiger partial charge in [-0.25, -0.2) is 0 Å². The van der Waals surface area contributed by atoms with Gasteiger partial charge in [0.05, 0.1) is 16.6 Å². The van der Waals surface area contributed by atoms with Gasteiger partial charge in [0.1, 0.15) is 11.1 Å². The van der Waals surface area contributed by atoms with E-state index in [0.717, 1.165) is 12.8 Å². The summed E-state index contributed by atoms with van der Waals surface area (Å²) in [5.41, 5.74) is -0.314. The van der Waals surface area contributed by atoms with Crippen molar-refractivity contribution in [2.45, 2.75) is 18.9 Å². The molecule has 0 radical (unpaired) electrons. The summed E-state index contributed by atoms with van der Waals surface area (Å²) in [6, 6.07) is 5.45. The third-order valence-corrected chi connectivity index (χ3v) is 3.34. The van der Waals surface area contributed by atoms with Crippen LogP contribution < -0.4 is 5.32 Å². The van der Waals surface area contributed by atoms with Crippen molar-refractivity contribution < 1.29 is 9.72 Å². The molecule has 98 valence electrons. The SMILES string of the molecule is N#CC(NC(=O)c1cccc([N+](=O)[O-])c1Cl)C1CC1. The first-order valence-electron chi connectivity index (χ1n) is 5.68. The summed E-state index contributed by atoms with van der Waals surface area (Å²) in [5.74, 6) is -0.390. The number of nitrogens with one attached hydrogen (secondary N) is 1. The monoisotopic (exact) mass is 279 g/mol. The van der Waals surface area contributed by atoms with E-state index >= 15 is 0 Å². The van der Waals surface area contributed by atoms with Crippen molar-refractivity contribution in [2.24, 2.45) is 5.92 Å². The van der Waals surface area contributed by atoms with Gasteiger partial charge in [0.25, 0.3) is 11.6 Å². The Labute approximate surface area is 114 Å². The molecule has 2 rings (SSSR count). The summed E-state index contributed by atoms with van der Waals surface area (Å²) in [4.78, 5) is 22.1. The van der Waals surface area contributed by atoms with Gasteiger partial charge in [-0.3, -0.25) is 14.9 Å². The van der Waals surface area contributed by atoms with Crippen molar-refractivity contribution in [1.29, 1.82) is 5.26 Å². The highest BCUT2D eigenvalue weighted by Gasteiger charge is 2.33. The molecular formula is C12H10ClN3O3. The fraction of sp³-hybridized carbons (Fsp3) is 0.333. The Morgan fingerprint density at radius 1 is 1.58 bits per heavy atom. The molecule has 1 saturated carbocycles. The molecule has 19 heavy (non-hydrogen) atoms. The fourth-order valence-corrected chi connectivity index (χ4v) is 2.02. The molecule has 1 atom stereocenters. The number of benzene rings is 1. The van der Waals surface area contributed by atoms with Gasteiger partial charge in [-0.1, -0.05) is 17.7 Å². The summed E-state index contributed by atoms with van der Waals surface area (Å²) >= 11 is 5.84. The van der Waals surface area contributed by atoms with Crippen LogP contribution in [-0.4, -0.2) is 16.9 Å². The van der Waals surface area contributed by atoms with Gasteiger partial charge in [0, 0.05) is 6.07 Å². The number of hydrogen-bond donors (Lipinski definition) is 1. The highest BCUT2D eigenvalue weighted by Crippen LogP contribution is 2.33. The number of amides is 1. The van der Waals surface area contributed by atoms with E-state index in [-0.39, 0.29) is 22.2 Å². The average Bonchev–Trinajstić information content (AvgIpc) is 3.19. The van der Waals surface area contributed by atoms with Gasteiger partial charge in [-0.05, 0) is 24.8 Å². The van der Waals surface area contributed by atoms with Crippen molar-refractivity contribution in [2.75, 3.05) is 0 Å². The Balaban J connectivity index is 2.22. The van der Waals surface area contributed by atoms with Crippen LogP contribution in [0.3, 0.4) is 0 Å². The Hall–Kier alpha value is -2.13. The van der Waals surface area contributed by atoms with Crippen molar-refractivity contribution in [3.05, 3.63) is 38.9 Å². The normalized spacial score (nSPS) is 15.4. The van der Waals surface area contributed by atoms with Crippen molar-refractivity contribution in [3.8, 4) is 6.07 Å². The zero-order valence-electron chi connectivity index (χ0n) is 9.80. The van der Waals surface area contributed by atoms with Gasteiger partial charge in [-0.2, -0.15) is 5.26 Å².